The van der Waals surface area contributed by atoms with Crippen molar-refractivity contribution in [1.29, 1.82) is 0 Å². The molecule has 1 saturated heterocycles. The average Bonchev–Trinajstić information content (AvgIpc) is 2.60. The average molecular weight is 348 g/mol. The molecule has 0 radical (unpaired) electrons. The first-order valence-corrected chi connectivity index (χ1v) is 9.01. The van der Waals surface area contributed by atoms with Crippen molar-refractivity contribution >= 4 is 12.0 Å². The van der Waals surface area contributed by atoms with Gasteiger partial charge in [-0.1, -0.05) is 37.3 Å². The molecular weight excluding hydrogens is 320 g/mol. The molecule has 0 saturated carbocycles. The van der Waals surface area contributed by atoms with E-state index in [1.807, 2.05) is 30.3 Å². The molecule has 0 spiro atoms. The second-order valence-corrected chi connectivity index (χ2v) is 6.56. The Labute approximate surface area is 149 Å². The minimum Gasteiger partial charge on any atom is -0.481 e. The summed E-state index contributed by atoms with van der Waals surface area (Å²) in [6.45, 7) is 2.74. The molecule has 2 amide bonds. The maximum atomic E-state index is 12.3. The summed E-state index contributed by atoms with van der Waals surface area (Å²) < 4.78 is 5.63. The van der Waals surface area contributed by atoms with Crippen LogP contribution in [0.5, 0.6) is 0 Å². The van der Waals surface area contributed by atoms with Gasteiger partial charge in [-0.25, -0.2) is 4.79 Å². The van der Waals surface area contributed by atoms with E-state index in [4.69, 9.17) is 9.84 Å². The van der Waals surface area contributed by atoms with Crippen molar-refractivity contribution in [2.75, 3.05) is 6.61 Å². The highest BCUT2D eigenvalue weighted by atomic mass is 16.5. The second-order valence-electron chi connectivity index (χ2n) is 6.56. The molecular formula is C19H28N2O4. The summed E-state index contributed by atoms with van der Waals surface area (Å²) in [4.78, 5) is 23.2. The molecule has 25 heavy (non-hydrogen) atoms. The fourth-order valence-corrected chi connectivity index (χ4v) is 3.13. The molecule has 138 valence electrons. The lowest BCUT2D eigenvalue weighted by Crippen LogP contribution is -2.49. The third-order valence-electron chi connectivity index (χ3n) is 4.52. The number of hydrogen-bond donors (Lipinski definition) is 3. The van der Waals surface area contributed by atoms with Gasteiger partial charge in [0.2, 0.25) is 0 Å². The van der Waals surface area contributed by atoms with Gasteiger partial charge in [-0.2, -0.15) is 0 Å². The number of amides is 2. The molecule has 1 aliphatic rings. The van der Waals surface area contributed by atoms with Crippen molar-refractivity contribution in [3.8, 4) is 0 Å². The van der Waals surface area contributed by atoms with Crippen LogP contribution in [0.1, 0.15) is 44.6 Å². The van der Waals surface area contributed by atoms with Crippen molar-refractivity contribution in [2.24, 2.45) is 0 Å². The van der Waals surface area contributed by atoms with E-state index in [-0.39, 0.29) is 30.6 Å². The monoisotopic (exact) mass is 348 g/mol. The molecule has 6 heteroatoms. The quantitative estimate of drug-likeness (QED) is 0.674. The van der Waals surface area contributed by atoms with E-state index in [1.165, 1.54) is 0 Å². The van der Waals surface area contributed by atoms with Gasteiger partial charge in [-0.05, 0) is 37.7 Å². The first-order chi connectivity index (χ1) is 12.1. The summed E-state index contributed by atoms with van der Waals surface area (Å²) in [7, 11) is 0. The van der Waals surface area contributed by atoms with Crippen LogP contribution in [0.4, 0.5) is 4.79 Å². The van der Waals surface area contributed by atoms with Gasteiger partial charge >= 0.3 is 12.0 Å². The molecule has 2 rings (SSSR count). The molecule has 3 atom stereocenters. The van der Waals surface area contributed by atoms with E-state index >= 15 is 0 Å². The standard InChI is InChI=1S/C19H28N2O4/c1-2-17-13-16(10-11-25-17)21-19(24)20-15(8-9-18(22)23)12-14-6-4-3-5-7-14/h3-7,15-17H,2,8-13H2,1H3,(H,22,23)(H2,20,21,24). The predicted octanol–water partition coefficient (Wildman–Crippen LogP) is 2.72. The van der Waals surface area contributed by atoms with Gasteiger partial charge in [-0.3, -0.25) is 4.79 Å². The Balaban J connectivity index is 1.88. The molecule has 0 bridgehead atoms. The first kappa shape index (κ1) is 19.2. The number of urea groups is 1. The van der Waals surface area contributed by atoms with Crippen LogP contribution in [0.3, 0.4) is 0 Å². The van der Waals surface area contributed by atoms with Crippen LogP contribution in [-0.4, -0.2) is 41.9 Å². The summed E-state index contributed by atoms with van der Waals surface area (Å²) in [5, 5.41) is 14.9. The number of rotatable bonds is 8. The molecule has 3 N–H and O–H groups in total. The Morgan fingerprint density at radius 3 is 2.76 bits per heavy atom. The smallest absolute Gasteiger partial charge is 0.315 e. The third kappa shape index (κ3) is 7.13. The summed E-state index contributed by atoms with van der Waals surface area (Å²) in [6, 6.07) is 9.46. The minimum absolute atomic E-state index is 0.0347. The molecule has 1 fully saturated rings. The number of carboxylic acids is 1. The summed E-state index contributed by atoms with van der Waals surface area (Å²) in [5.74, 6) is -0.851. The van der Waals surface area contributed by atoms with Gasteiger partial charge in [0.1, 0.15) is 0 Å². The number of carboxylic acid groups (broad SMARTS) is 1. The highest BCUT2D eigenvalue weighted by Crippen LogP contribution is 2.16. The lowest BCUT2D eigenvalue weighted by molar-refractivity contribution is -0.137. The van der Waals surface area contributed by atoms with Crippen LogP contribution >= 0.6 is 0 Å². The Morgan fingerprint density at radius 2 is 2.08 bits per heavy atom. The molecule has 6 nitrogen and oxygen atoms in total. The number of ether oxygens (including phenoxy) is 1. The number of benzene rings is 1. The number of aliphatic carboxylic acids is 1. The molecule has 3 unspecified atom stereocenters. The number of carbonyl (C=O) groups excluding carboxylic acids is 1. The van der Waals surface area contributed by atoms with Gasteiger partial charge < -0.3 is 20.5 Å². The first-order valence-electron chi connectivity index (χ1n) is 9.01. The summed E-state index contributed by atoms with van der Waals surface area (Å²) >= 11 is 0. The Morgan fingerprint density at radius 1 is 1.32 bits per heavy atom. The van der Waals surface area contributed by atoms with Crippen LogP contribution in [0.25, 0.3) is 0 Å². The second kappa shape index (κ2) is 10.0. The highest BCUT2D eigenvalue weighted by Gasteiger charge is 2.23. The van der Waals surface area contributed by atoms with Crippen LogP contribution in [0.2, 0.25) is 0 Å². The zero-order valence-electron chi connectivity index (χ0n) is 14.7. The van der Waals surface area contributed by atoms with Gasteiger partial charge in [0.05, 0.1) is 6.10 Å². The van der Waals surface area contributed by atoms with E-state index in [0.717, 1.165) is 24.8 Å². The van der Waals surface area contributed by atoms with E-state index in [0.29, 0.717) is 19.4 Å². The molecule has 1 aromatic rings. The molecule has 0 aliphatic carbocycles. The van der Waals surface area contributed by atoms with Crippen LogP contribution in [-0.2, 0) is 16.0 Å². The maximum Gasteiger partial charge on any atom is 0.315 e. The van der Waals surface area contributed by atoms with Gasteiger partial charge in [-0.15, -0.1) is 0 Å². The largest absolute Gasteiger partial charge is 0.481 e. The van der Waals surface area contributed by atoms with Crippen molar-refractivity contribution in [3.63, 3.8) is 0 Å². The topological polar surface area (TPSA) is 87.7 Å². The summed E-state index contributed by atoms with van der Waals surface area (Å²) in [6.07, 6.45) is 3.83. The number of carbonyl (C=O) groups is 2. The Hall–Kier alpha value is -2.08. The minimum atomic E-state index is -0.851. The van der Waals surface area contributed by atoms with E-state index in [2.05, 4.69) is 17.6 Å². The van der Waals surface area contributed by atoms with Gasteiger partial charge in [0.15, 0.2) is 0 Å². The molecule has 1 aliphatic heterocycles. The normalized spacial score (nSPS) is 21.3. The van der Waals surface area contributed by atoms with Crippen LogP contribution < -0.4 is 10.6 Å². The molecule has 1 heterocycles. The third-order valence-corrected chi connectivity index (χ3v) is 4.52. The fraction of sp³-hybridized carbons (Fsp3) is 0.579. The van der Waals surface area contributed by atoms with Crippen molar-refractivity contribution in [3.05, 3.63) is 35.9 Å². The van der Waals surface area contributed by atoms with E-state index in [1.54, 1.807) is 0 Å². The highest BCUT2D eigenvalue weighted by molar-refractivity contribution is 5.74. The Kier molecular flexibility index (Phi) is 7.73. The van der Waals surface area contributed by atoms with Crippen LogP contribution in [0, 0.1) is 0 Å². The van der Waals surface area contributed by atoms with Gasteiger partial charge in [0, 0.05) is 25.1 Å². The zero-order chi connectivity index (χ0) is 18.1. The van der Waals surface area contributed by atoms with Crippen molar-refractivity contribution < 1.29 is 19.4 Å². The van der Waals surface area contributed by atoms with E-state index < -0.39 is 5.97 Å². The maximum absolute atomic E-state index is 12.3. The Bertz CT molecular complexity index is 550. The van der Waals surface area contributed by atoms with E-state index in [9.17, 15) is 9.59 Å². The fourth-order valence-electron chi connectivity index (χ4n) is 3.13. The van der Waals surface area contributed by atoms with Gasteiger partial charge in [0.25, 0.3) is 0 Å². The van der Waals surface area contributed by atoms with Crippen molar-refractivity contribution in [1.82, 2.24) is 10.6 Å². The van der Waals surface area contributed by atoms with Crippen LogP contribution in [0.15, 0.2) is 30.3 Å². The molecule has 1 aromatic carbocycles. The lowest BCUT2D eigenvalue weighted by atomic mass is 10.0. The number of hydrogen-bond acceptors (Lipinski definition) is 3. The lowest BCUT2D eigenvalue weighted by Gasteiger charge is -2.30. The molecule has 0 aromatic heterocycles. The zero-order valence-corrected chi connectivity index (χ0v) is 14.7. The van der Waals surface area contributed by atoms with Crippen molar-refractivity contribution in [2.45, 2.75) is 63.6 Å². The SMILES string of the molecule is CCC1CC(NC(=O)NC(CCC(=O)O)Cc2ccccc2)CCO1. The number of nitrogens with one attached hydrogen (secondary N) is 2. The predicted molar refractivity (Wildman–Crippen MR) is 95.5 cm³/mol. The summed E-state index contributed by atoms with van der Waals surface area (Å²) in [5.41, 5.74) is 1.08.